The van der Waals surface area contributed by atoms with Gasteiger partial charge in [0.2, 0.25) is 5.91 Å². The number of benzene rings is 3. The lowest BCUT2D eigenvalue weighted by molar-refractivity contribution is -0.141. The number of para-hydroxylation sites is 1. The van der Waals surface area contributed by atoms with Crippen LogP contribution in [0.1, 0.15) is 11.1 Å². The van der Waals surface area contributed by atoms with E-state index in [2.05, 4.69) is 10.4 Å². The van der Waals surface area contributed by atoms with Crippen LogP contribution in [0, 0.1) is 11.6 Å². The first-order valence-corrected chi connectivity index (χ1v) is 11.2. The molecule has 4 aromatic rings. The van der Waals surface area contributed by atoms with Crippen molar-refractivity contribution in [2.24, 2.45) is 0 Å². The molecule has 0 radical (unpaired) electrons. The zero-order valence-electron chi connectivity index (χ0n) is 18.7. The summed E-state index contributed by atoms with van der Waals surface area (Å²) >= 11 is 5.76. The van der Waals surface area contributed by atoms with E-state index in [1.54, 1.807) is 54.6 Å². The van der Waals surface area contributed by atoms with Gasteiger partial charge in [0.15, 0.2) is 0 Å². The van der Waals surface area contributed by atoms with Gasteiger partial charge in [-0.05, 0) is 35.9 Å². The molecule has 0 bridgehead atoms. The monoisotopic (exact) mass is 507 g/mol. The quantitative estimate of drug-likeness (QED) is 0.317. The van der Waals surface area contributed by atoms with Crippen LogP contribution >= 0.6 is 11.6 Å². The second kappa shape index (κ2) is 11.0. The van der Waals surface area contributed by atoms with Crippen LogP contribution in [0.2, 0.25) is 5.02 Å². The number of carbonyl (C=O) groups is 2. The Balaban J connectivity index is 1.65. The Morgan fingerprint density at radius 2 is 1.64 bits per heavy atom. The molecule has 0 aliphatic heterocycles. The van der Waals surface area contributed by atoms with Crippen LogP contribution in [0.4, 0.5) is 8.78 Å². The van der Waals surface area contributed by atoms with Gasteiger partial charge in [0.25, 0.3) is 0 Å². The molecule has 182 valence electrons. The Morgan fingerprint density at radius 1 is 1.03 bits per heavy atom. The van der Waals surface area contributed by atoms with Crippen molar-refractivity contribution >= 4 is 29.6 Å². The molecule has 1 heterocycles. The Hall–Kier alpha value is -4.30. The van der Waals surface area contributed by atoms with Crippen molar-refractivity contribution in [3.8, 4) is 16.9 Å². The molecule has 2 N–H and O–H groups in total. The number of carboxylic acid groups (broad SMARTS) is 1. The molecule has 1 atom stereocenters. The Kier molecular flexibility index (Phi) is 7.56. The molecule has 0 aliphatic rings. The largest absolute Gasteiger partial charge is 0.480 e. The van der Waals surface area contributed by atoms with E-state index in [0.29, 0.717) is 5.69 Å². The van der Waals surface area contributed by atoms with E-state index in [4.69, 9.17) is 11.6 Å². The highest BCUT2D eigenvalue weighted by atomic mass is 35.5. The van der Waals surface area contributed by atoms with Crippen LogP contribution in [0.3, 0.4) is 0 Å². The zero-order valence-corrected chi connectivity index (χ0v) is 19.5. The molecule has 1 amide bonds. The molecule has 4 rings (SSSR count). The number of amides is 1. The van der Waals surface area contributed by atoms with Gasteiger partial charge in [-0.1, -0.05) is 60.1 Å². The molecule has 1 aromatic heterocycles. The number of carboxylic acids is 1. The third-order valence-corrected chi connectivity index (χ3v) is 5.54. The maximum atomic E-state index is 14.7. The van der Waals surface area contributed by atoms with Gasteiger partial charge < -0.3 is 10.4 Å². The lowest BCUT2D eigenvalue weighted by atomic mass is 10.1. The average molecular weight is 508 g/mol. The fourth-order valence-corrected chi connectivity index (χ4v) is 3.81. The van der Waals surface area contributed by atoms with E-state index in [0.717, 1.165) is 23.8 Å². The van der Waals surface area contributed by atoms with Crippen molar-refractivity contribution in [3.05, 3.63) is 113 Å². The first-order valence-electron chi connectivity index (χ1n) is 10.9. The highest BCUT2D eigenvalue weighted by Gasteiger charge is 2.21. The zero-order chi connectivity index (χ0) is 25.7. The molecule has 6 nitrogen and oxygen atoms in total. The van der Waals surface area contributed by atoms with Gasteiger partial charge in [-0.3, -0.25) is 4.79 Å². The first-order chi connectivity index (χ1) is 17.3. The van der Waals surface area contributed by atoms with E-state index in [-0.39, 0.29) is 22.7 Å². The molecular formula is C27H20ClF2N3O3. The summed E-state index contributed by atoms with van der Waals surface area (Å²) in [4.78, 5) is 24.2. The Labute approximate surface area is 210 Å². The van der Waals surface area contributed by atoms with Crippen LogP contribution < -0.4 is 5.32 Å². The van der Waals surface area contributed by atoms with Crippen LogP contribution in [-0.4, -0.2) is 32.8 Å². The SMILES string of the molecule is O=C(C=Cc1cn(-c2ccccc2)nc1-c1c(F)cc(Cl)cc1F)N[C@@H](Cc1ccccc1)C(=O)O. The predicted molar refractivity (Wildman–Crippen MR) is 133 cm³/mol. The van der Waals surface area contributed by atoms with Gasteiger partial charge in [-0.25, -0.2) is 18.3 Å². The molecule has 3 aromatic carbocycles. The van der Waals surface area contributed by atoms with Crippen LogP contribution in [0.25, 0.3) is 23.0 Å². The minimum Gasteiger partial charge on any atom is -0.480 e. The van der Waals surface area contributed by atoms with E-state index in [1.165, 1.54) is 17.0 Å². The molecule has 9 heteroatoms. The number of halogens is 3. The van der Waals surface area contributed by atoms with Gasteiger partial charge in [0, 0.05) is 29.3 Å². The van der Waals surface area contributed by atoms with Crippen molar-refractivity contribution in [1.29, 1.82) is 0 Å². The fraction of sp³-hybridized carbons (Fsp3) is 0.0741. The van der Waals surface area contributed by atoms with Gasteiger partial charge in [0.05, 0.1) is 11.3 Å². The summed E-state index contributed by atoms with van der Waals surface area (Å²) in [5.74, 6) is -3.70. The van der Waals surface area contributed by atoms with Gasteiger partial charge in [0.1, 0.15) is 23.4 Å². The predicted octanol–water partition coefficient (Wildman–Crippen LogP) is 5.30. The number of nitrogens with one attached hydrogen (secondary N) is 1. The number of hydrogen-bond acceptors (Lipinski definition) is 3. The highest BCUT2D eigenvalue weighted by Crippen LogP contribution is 2.31. The van der Waals surface area contributed by atoms with Gasteiger partial charge >= 0.3 is 5.97 Å². The third-order valence-electron chi connectivity index (χ3n) is 5.32. The van der Waals surface area contributed by atoms with Crippen molar-refractivity contribution in [2.75, 3.05) is 0 Å². The Bertz CT molecular complexity index is 1400. The average Bonchev–Trinajstić information content (AvgIpc) is 3.26. The molecule has 0 spiro atoms. The van der Waals surface area contributed by atoms with E-state index in [9.17, 15) is 23.5 Å². The van der Waals surface area contributed by atoms with Gasteiger partial charge in [-0.15, -0.1) is 0 Å². The number of hydrogen-bond donors (Lipinski definition) is 2. The summed E-state index contributed by atoms with van der Waals surface area (Å²) in [5, 5.41) is 16.2. The summed E-state index contributed by atoms with van der Waals surface area (Å²) in [6, 6.07) is 18.5. The fourth-order valence-electron chi connectivity index (χ4n) is 3.62. The molecule has 0 saturated heterocycles. The third kappa shape index (κ3) is 5.84. The van der Waals surface area contributed by atoms with Gasteiger partial charge in [-0.2, -0.15) is 5.10 Å². The van der Waals surface area contributed by atoms with Crippen molar-refractivity contribution < 1.29 is 23.5 Å². The normalized spacial score (nSPS) is 12.0. The number of nitrogens with zero attached hydrogens (tertiary/aromatic N) is 2. The van der Waals surface area contributed by atoms with Crippen molar-refractivity contribution in [1.82, 2.24) is 15.1 Å². The van der Waals surface area contributed by atoms with Crippen LogP contribution in [0.15, 0.2) is 85.1 Å². The Morgan fingerprint density at radius 3 is 2.25 bits per heavy atom. The lowest BCUT2D eigenvalue weighted by Gasteiger charge is -2.13. The number of aliphatic carboxylic acids is 1. The van der Waals surface area contributed by atoms with E-state index >= 15 is 0 Å². The van der Waals surface area contributed by atoms with E-state index < -0.39 is 35.1 Å². The second-order valence-corrected chi connectivity index (χ2v) is 8.32. The summed E-state index contributed by atoms with van der Waals surface area (Å²) in [7, 11) is 0. The standard InChI is InChI=1S/C27H20ClF2N3O3/c28-19-14-21(29)25(22(30)15-19)26-18(16-33(32-26)20-9-5-2-6-10-20)11-12-24(34)31-23(27(35)36)13-17-7-3-1-4-8-17/h1-12,14-16,23H,13H2,(H,31,34)(H,35,36)/t23-/m0/s1. The van der Waals surface area contributed by atoms with E-state index in [1.807, 2.05) is 6.07 Å². The summed E-state index contributed by atoms with van der Waals surface area (Å²) < 4.78 is 30.9. The number of rotatable bonds is 8. The smallest absolute Gasteiger partial charge is 0.326 e. The minimum atomic E-state index is -1.19. The molecule has 0 saturated carbocycles. The second-order valence-electron chi connectivity index (χ2n) is 7.88. The van der Waals surface area contributed by atoms with Crippen LogP contribution in [0.5, 0.6) is 0 Å². The molecule has 36 heavy (non-hydrogen) atoms. The summed E-state index contributed by atoms with van der Waals surface area (Å²) in [6.07, 6.45) is 4.03. The maximum absolute atomic E-state index is 14.7. The van der Waals surface area contributed by atoms with Crippen molar-refractivity contribution in [2.45, 2.75) is 12.5 Å². The van der Waals surface area contributed by atoms with Crippen molar-refractivity contribution in [3.63, 3.8) is 0 Å². The van der Waals surface area contributed by atoms with Crippen LogP contribution in [-0.2, 0) is 16.0 Å². The first kappa shape index (κ1) is 24.8. The topological polar surface area (TPSA) is 84.2 Å². The molecular weight excluding hydrogens is 488 g/mol. The summed E-state index contributed by atoms with van der Waals surface area (Å²) in [6.45, 7) is 0. The molecule has 0 unspecified atom stereocenters. The maximum Gasteiger partial charge on any atom is 0.326 e. The highest BCUT2D eigenvalue weighted by molar-refractivity contribution is 6.30. The number of aromatic nitrogens is 2. The lowest BCUT2D eigenvalue weighted by Crippen LogP contribution is -2.41. The minimum absolute atomic E-state index is 0.0476. The number of carbonyl (C=O) groups excluding carboxylic acids is 1. The summed E-state index contributed by atoms with van der Waals surface area (Å²) in [5.41, 5.74) is 1.17. The molecule has 0 aliphatic carbocycles. The molecule has 0 fully saturated rings.